The van der Waals surface area contributed by atoms with E-state index in [0.29, 0.717) is 11.8 Å². The van der Waals surface area contributed by atoms with Gasteiger partial charge in [0.25, 0.3) is 0 Å². The number of nitrogens with zero attached hydrogens (tertiary/aromatic N) is 3. The Morgan fingerprint density at radius 2 is 2.12 bits per heavy atom. The molecule has 25 heavy (non-hydrogen) atoms. The largest absolute Gasteiger partial charge is 0.339 e. The van der Waals surface area contributed by atoms with Gasteiger partial charge in [-0.05, 0) is 44.7 Å². The molecule has 1 aliphatic rings. The zero-order valence-electron chi connectivity index (χ0n) is 14.7. The molecule has 0 bridgehead atoms. The SMILES string of the molecule is CC[C@@H]1CCCCN1C(=O)CSc1nnc(Nc2ccc(C)cc2)s1. The highest BCUT2D eigenvalue weighted by Crippen LogP contribution is 2.29. The zero-order chi connectivity index (χ0) is 17.6. The van der Waals surface area contributed by atoms with Gasteiger partial charge in [-0.15, -0.1) is 10.2 Å². The summed E-state index contributed by atoms with van der Waals surface area (Å²) in [5.74, 6) is 0.662. The molecule has 0 radical (unpaired) electrons. The van der Waals surface area contributed by atoms with Crippen LogP contribution >= 0.6 is 23.1 Å². The average Bonchev–Trinajstić information content (AvgIpc) is 3.09. The number of aromatic nitrogens is 2. The molecular formula is C18H24N4OS2. The lowest BCUT2D eigenvalue weighted by Gasteiger charge is -2.35. The number of likely N-dealkylation sites (tertiary alicyclic amines) is 1. The number of carbonyl (C=O) groups excluding carboxylic acids is 1. The van der Waals surface area contributed by atoms with E-state index >= 15 is 0 Å². The second-order valence-corrected chi connectivity index (χ2v) is 8.50. The summed E-state index contributed by atoms with van der Waals surface area (Å²) < 4.78 is 0.827. The molecule has 3 rings (SSSR count). The monoisotopic (exact) mass is 376 g/mol. The predicted octanol–water partition coefficient (Wildman–Crippen LogP) is 4.47. The van der Waals surface area contributed by atoms with Crippen LogP contribution in [0.15, 0.2) is 28.6 Å². The van der Waals surface area contributed by atoms with Crippen molar-refractivity contribution in [2.24, 2.45) is 0 Å². The Kier molecular flexibility index (Phi) is 6.31. The van der Waals surface area contributed by atoms with Crippen molar-refractivity contribution in [2.45, 2.75) is 49.9 Å². The van der Waals surface area contributed by atoms with Crippen LogP contribution in [0.5, 0.6) is 0 Å². The number of benzene rings is 1. The van der Waals surface area contributed by atoms with Crippen LogP contribution in [-0.4, -0.2) is 39.3 Å². The minimum Gasteiger partial charge on any atom is -0.339 e. The van der Waals surface area contributed by atoms with E-state index in [4.69, 9.17) is 0 Å². The second kappa shape index (κ2) is 8.67. The van der Waals surface area contributed by atoms with E-state index in [0.717, 1.165) is 41.0 Å². The van der Waals surface area contributed by atoms with Gasteiger partial charge < -0.3 is 10.2 Å². The van der Waals surface area contributed by atoms with Crippen molar-refractivity contribution >= 4 is 39.8 Å². The van der Waals surface area contributed by atoms with Crippen LogP contribution in [0.2, 0.25) is 0 Å². The third-order valence-corrected chi connectivity index (χ3v) is 6.40. The summed E-state index contributed by atoms with van der Waals surface area (Å²) in [5.41, 5.74) is 2.22. The Morgan fingerprint density at radius 1 is 1.32 bits per heavy atom. The third kappa shape index (κ3) is 4.95. The zero-order valence-corrected chi connectivity index (χ0v) is 16.3. The maximum Gasteiger partial charge on any atom is 0.233 e. The molecule has 1 aliphatic heterocycles. The molecule has 2 heterocycles. The molecular weight excluding hydrogens is 352 g/mol. The van der Waals surface area contributed by atoms with Gasteiger partial charge >= 0.3 is 0 Å². The standard InChI is InChI=1S/C18H24N4OS2/c1-3-15-6-4-5-11-22(15)16(23)12-24-18-21-20-17(25-18)19-14-9-7-13(2)8-10-14/h7-10,15H,3-6,11-12H2,1-2H3,(H,19,20)/t15-/m1/s1. The number of anilines is 2. The molecule has 0 spiro atoms. The highest BCUT2D eigenvalue weighted by Gasteiger charge is 2.25. The van der Waals surface area contributed by atoms with Crippen molar-refractivity contribution < 1.29 is 4.79 Å². The van der Waals surface area contributed by atoms with Crippen LogP contribution in [0, 0.1) is 6.92 Å². The van der Waals surface area contributed by atoms with Crippen molar-refractivity contribution in [3.05, 3.63) is 29.8 Å². The quantitative estimate of drug-likeness (QED) is 0.754. The van der Waals surface area contributed by atoms with Gasteiger partial charge in [0.05, 0.1) is 5.75 Å². The van der Waals surface area contributed by atoms with Crippen LogP contribution in [0.4, 0.5) is 10.8 Å². The van der Waals surface area contributed by atoms with Gasteiger partial charge in [-0.2, -0.15) is 0 Å². The molecule has 1 aromatic heterocycles. The maximum absolute atomic E-state index is 12.5. The van der Waals surface area contributed by atoms with E-state index in [1.165, 1.54) is 35.1 Å². The highest BCUT2D eigenvalue weighted by atomic mass is 32.2. The van der Waals surface area contributed by atoms with Gasteiger partial charge in [0, 0.05) is 18.3 Å². The molecule has 0 saturated carbocycles. The topological polar surface area (TPSA) is 58.1 Å². The van der Waals surface area contributed by atoms with E-state index in [2.05, 4.69) is 46.4 Å². The molecule has 5 nitrogen and oxygen atoms in total. The fourth-order valence-corrected chi connectivity index (χ4v) is 4.70. The van der Waals surface area contributed by atoms with Crippen LogP contribution in [0.1, 0.15) is 38.2 Å². The van der Waals surface area contributed by atoms with Crippen molar-refractivity contribution in [3.8, 4) is 0 Å². The van der Waals surface area contributed by atoms with Crippen molar-refractivity contribution in [1.82, 2.24) is 15.1 Å². The number of carbonyl (C=O) groups is 1. The summed E-state index contributed by atoms with van der Waals surface area (Å²) in [4.78, 5) is 14.6. The number of aryl methyl sites for hydroxylation is 1. The first kappa shape index (κ1) is 18.2. The molecule has 7 heteroatoms. The van der Waals surface area contributed by atoms with Gasteiger partial charge in [0.15, 0.2) is 4.34 Å². The average molecular weight is 377 g/mol. The number of hydrogen-bond donors (Lipinski definition) is 1. The Hall–Kier alpha value is -1.60. The summed E-state index contributed by atoms with van der Waals surface area (Å²) in [5, 5.41) is 12.4. The summed E-state index contributed by atoms with van der Waals surface area (Å²) in [6.07, 6.45) is 4.53. The first-order valence-corrected chi connectivity index (χ1v) is 10.6. The Balaban J connectivity index is 1.52. The molecule has 1 N–H and O–H groups in total. The smallest absolute Gasteiger partial charge is 0.233 e. The Bertz CT molecular complexity index is 701. The minimum absolute atomic E-state index is 0.222. The number of piperidine rings is 1. The summed E-state index contributed by atoms with van der Waals surface area (Å²) in [6, 6.07) is 8.57. The lowest BCUT2D eigenvalue weighted by atomic mass is 10.0. The fraction of sp³-hybridized carbons (Fsp3) is 0.500. The highest BCUT2D eigenvalue weighted by molar-refractivity contribution is 8.01. The molecule has 2 aromatic rings. The van der Waals surface area contributed by atoms with Crippen LogP contribution in [-0.2, 0) is 4.79 Å². The summed E-state index contributed by atoms with van der Waals surface area (Å²) in [7, 11) is 0. The van der Waals surface area contributed by atoms with Crippen molar-refractivity contribution in [1.29, 1.82) is 0 Å². The number of nitrogens with one attached hydrogen (secondary N) is 1. The van der Waals surface area contributed by atoms with E-state index in [1.807, 2.05) is 12.1 Å². The van der Waals surface area contributed by atoms with E-state index in [1.54, 1.807) is 0 Å². The number of thioether (sulfide) groups is 1. The number of amides is 1. The minimum atomic E-state index is 0.222. The van der Waals surface area contributed by atoms with Gasteiger partial charge in [-0.1, -0.05) is 47.7 Å². The summed E-state index contributed by atoms with van der Waals surface area (Å²) in [6.45, 7) is 5.12. The van der Waals surface area contributed by atoms with Crippen LogP contribution < -0.4 is 5.32 Å². The number of hydrogen-bond acceptors (Lipinski definition) is 6. The van der Waals surface area contributed by atoms with E-state index in [-0.39, 0.29) is 5.91 Å². The first-order chi connectivity index (χ1) is 12.2. The van der Waals surface area contributed by atoms with Crippen molar-refractivity contribution in [2.75, 3.05) is 17.6 Å². The summed E-state index contributed by atoms with van der Waals surface area (Å²) >= 11 is 2.97. The maximum atomic E-state index is 12.5. The third-order valence-electron chi connectivity index (χ3n) is 4.45. The van der Waals surface area contributed by atoms with Gasteiger partial charge in [0.2, 0.25) is 11.0 Å². The molecule has 0 unspecified atom stereocenters. The van der Waals surface area contributed by atoms with Gasteiger partial charge in [0.1, 0.15) is 0 Å². The molecule has 1 atom stereocenters. The molecule has 1 amide bonds. The predicted molar refractivity (Wildman–Crippen MR) is 105 cm³/mol. The second-order valence-electron chi connectivity index (χ2n) is 6.30. The van der Waals surface area contributed by atoms with Crippen LogP contribution in [0.25, 0.3) is 0 Å². The van der Waals surface area contributed by atoms with Crippen LogP contribution in [0.3, 0.4) is 0 Å². The van der Waals surface area contributed by atoms with Crippen molar-refractivity contribution in [3.63, 3.8) is 0 Å². The van der Waals surface area contributed by atoms with E-state index in [9.17, 15) is 4.79 Å². The first-order valence-electron chi connectivity index (χ1n) is 8.75. The Morgan fingerprint density at radius 3 is 2.88 bits per heavy atom. The van der Waals surface area contributed by atoms with E-state index < -0.39 is 0 Å². The van der Waals surface area contributed by atoms with Gasteiger partial charge in [-0.3, -0.25) is 4.79 Å². The van der Waals surface area contributed by atoms with Gasteiger partial charge in [-0.25, -0.2) is 0 Å². The Labute approximate surface area is 157 Å². The molecule has 1 fully saturated rings. The molecule has 1 saturated heterocycles. The fourth-order valence-electron chi connectivity index (χ4n) is 3.04. The lowest BCUT2D eigenvalue weighted by Crippen LogP contribution is -2.44. The lowest BCUT2D eigenvalue weighted by molar-refractivity contribution is -0.132. The molecule has 134 valence electrons. The molecule has 1 aromatic carbocycles. The normalized spacial score (nSPS) is 17.5. The number of rotatable bonds is 6. The molecule has 0 aliphatic carbocycles.